The predicted molar refractivity (Wildman–Crippen MR) is 106 cm³/mol. The number of methoxy groups -OCH3 is 2. The fourth-order valence-corrected chi connectivity index (χ4v) is 5.72. The number of amides is 2. The lowest BCUT2D eigenvalue weighted by Gasteiger charge is -2.28. The van der Waals surface area contributed by atoms with E-state index < -0.39 is 21.7 Å². The lowest BCUT2D eigenvalue weighted by Crippen LogP contribution is -2.44. The van der Waals surface area contributed by atoms with E-state index in [0.717, 1.165) is 17.6 Å². The molecule has 2 aromatic rings. The van der Waals surface area contributed by atoms with Crippen molar-refractivity contribution in [2.24, 2.45) is 0 Å². The van der Waals surface area contributed by atoms with E-state index in [2.05, 4.69) is 4.98 Å². The summed E-state index contributed by atoms with van der Waals surface area (Å²) in [6, 6.07) is 3.03. The zero-order valence-corrected chi connectivity index (χ0v) is 18.2. The van der Waals surface area contributed by atoms with Crippen LogP contribution in [0.1, 0.15) is 26.5 Å². The van der Waals surface area contributed by atoms with E-state index in [0.29, 0.717) is 19.5 Å². The summed E-state index contributed by atoms with van der Waals surface area (Å²) in [5.41, 5.74) is 0.169. The Hall–Kier alpha value is -2.37. The number of rotatable bonds is 5. The number of halogens is 1. The highest BCUT2D eigenvalue weighted by Gasteiger charge is 2.36. The lowest BCUT2D eigenvalue weighted by molar-refractivity contribution is 0.0186. The molecule has 156 valence electrons. The molecule has 2 aromatic heterocycles. The van der Waals surface area contributed by atoms with Crippen molar-refractivity contribution >= 4 is 44.6 Å². The fourth-order valence-electron chi connectivity index (χ4n) is 2.87. The van der Waals surface area contributed by atoms with Crippen molar-refractivity contribution in [3.63, 3.8) is 0 Å². The zero-order valence-electron chi connectivity index (χ0n) is 15.8. The Morgan fingerprint density at radius 2 is 1.79 bits per heavy atom. The molecule has 9 nitrogen and oxygen atoms in total. The topological polar surface area (TPSA) is 106 Å². The average molecular weight is 460 g/mol. The molecule has 3 rings (SSSR count). The van der Waals surface area contributed by atoms with Gasteiger partial charge in [0.1, 0.15) is 10.4 Å². The van der Waals surface area contributed by atoms with Gasteiger partial charge in [0, 0.05) is 30.8 Å². The van der Waals surface area contributed by atoms with E-state index >= 15 is 0 Å². The molecule has 12 heteroatoms. The SMILES string of the molecule is COc1ccc(C(=O)N2CCCN2C(=O)c2scc(S(C)(=O)=O)c2Cl)c(OC)n1. The second kappa shape index (κ2) is 8.17. The van der Waals surface area contributed by atoms with Crippen LogP contribution in [0.3, 0.4) is 0 Å². The summed E-state index contributed by atoms with van der Waals surface area (Å²) in [6.07, 6.45) is 1.58. The van der Waals surface area contributed by atoms with Gasteiger partial charge in [0.2, 0.25) is 11.8 Å². The highest BCUT2D eigenvalue weighted by atomic mass is 35.5. The first-order valence-corrected chi connectivity index (χ1v) is 11.5. The van der Waals surface area contributed by atoms with Crippen molar-refractivity contribution in [2.45, 2.75) is 11.3 Å². The van der Waals surface area contributed by atoms with Crippen molar-refractivity contribution in [1.82, 2.24) is 15.0 Å². The number of hydrogen-bond acceptors (Lipinski definition) is 8. The van der Waals surface area contributed by atoms with E-state index in [1.165, 1.54) is 41.8 Å². The van der Waals surface area contributed by atoms with E-state index in [1.807, 2.05) is 0 Å². The molecule has 2 amide bonds. The first-order chi connectivity index (χ1) is 13.7. The molecule has 0 N–H and O–H groups in total. The van der Waals surface area contributed by atoms with Gasteiger partial charge in [-0.3, -0.25) is 9.59 Å². The summed E-state index contributed by atoms with van der Waals surface area (Å²) >= 11 is 7.07. The monoisotopic (exact) mass is 459 g/mol. The maximum atomic E-state index is 13.1. The van der Waals surface area contributed by atoms with Gasteiger partial charge in [0.25, 0.3) is 11.8 Å². The van der Waals surface area contributed by atoms with Crippen molar-refractivity contribution in [2.75, 3.05) is 33.6 Å². The molecule has 0 spiro atoms. The number of aromatic nitrogens is 1. The number of pyridine rings is 1. The van der Waals surface area contributed by atoms with Gasteiger partial charge in [-0.2, -0.15) is 4.98 Å². The number of carbonyl (C=O) groups is 2. The maximum absolute atomic E-state index is 13.1. The molecule has 0 atom stereocenters. The molecule has 0 aliphatic carbocycles. The summed E-state index contributed by atoms with van der Waals surface area (Å²) in [5.74, 6) is -0.659. The normalized spacial score (nSPS) is 14.2. The van der Waals surface area contributed by atoms with Gasteiger partial charge in [0.15, 0.2) is 9.84 Å². The summed E-state index contributed by atoms with van der Waals surface area (Å²) in [4.78, 5) is 30.1. The van der Waals surface area contributed by atoms with Crippen LogP contribution in [-0.2, 0) is 9.84 Å². The summed E-state index contributed by atoms with van der Waals surface area (Å²) in [7, 11) is -0.745. The minimum atomic E-state index is -3.57. The number of hydrogen-bond donors (Lipinski definition) is 0. The Balaban J connectivity index is 1.92. The lowest BCUT2D eigenvalue weighted by atomic mass is 10.2. The second-order valence-electron chi connectivity index (χ2n) is 6.14. The molecule has 0 aromatic carbocycles. The Labute approximate surface area is 176 Å². The van der Waals surface area contributed by atoms with Crippen LogP contribution in [0.4, 0.5) is 0 Å². The Morgan fingerprint density at radius 1 is 1.14 bits per heavy atom. The third-order valence-corrected chi connectivity index (χ3v) is 7.12. The molecule has 1 fully saturated rings. The van der Waals surface area contributed by atoms with Crippen molar-refractivity contribution in [3.05, 3.63) is 33.0 Å². The smallest absolute Gasteiger partial charge is 0.284 e. The van der Waals surface area contributed by atoms with Crippen LogP contribution in [0.2, 0.25) is 5.02 Å². The molecule has 0 radical (unpaired) electrons. The fraction of sp³-hybridized carbons (Fsp3) is 0.353. The summed E-state index contributed by atoms with van der Waals surface area (Å²) < 4.78 is 33.8. The van der Waals surface area contributed by atoms with Crippen molar-refractivity contribution in [3.8, 4) is 11.8 Å². The minimum Gasteiger partial charge on any atom is -0.481 e. The molecule has 3 heterocycles. The molecule has 0 saturated carbocycles. The molecule has 1 aliphatic rings. The molecular weight excluding hydrogens is 442 g/mol. The van der Waals surface area contributed by atoms with Gasteiger partial charge in [0.05, 0.1) is 24.1 Å². The maximum Gasteiger partial charge on any atom is 0.284 e. The van der Waals surface area contributed by atoms with Crippen LogP contribution in [0.25, 0.3) is 0 Å². The van der Waals surface area contributed by atoms with Gasteiger partial charge in [-0.25, -0.2) is 18.4 Å². The summed E-state index contributed by atoms with van der Waals surface area (Å²) in [6.45, 7) is 0.598. The first kappa shape index (κ1) is 21.3. The number of sulfone groups is 1. The molecule has 0 unspecified atom stereocenters. The van der Waals surface area contributed by atoms with Crippen LogP contribution < -0.4 is 9.47 Å². The molecule has 0 bridgehead atoms. The molecule has 1 aliphatic heterocycles. The first-order valence-electron chi connectivity index (χ1n) is 8.38. The quantitative estimate of drug-likeness (QED) is 0.674. The van der Waals surface area contributed by atoms with Crippen LogP contribution in [0.5, 0.6) is 11.8 Å². The highest BCUT2D eigenvalue weighted by Crippen LogP contribution is 2.34. The third-order valence-electron chi connectivity index (χ3n) is 4.26. The van der Waals surface area contributed by atoms with Gasteiger partial charge in [-0.15, -0.1) is 11.3 Å². The van der Waals surface area contributed by atoms with Crippen LogP contribution in [-0.4, -0.2) is 68.8 Å². The Kier molecular flexibility index (Phi) is 6.01. The van der Waals surface area contributed by atoms with Crippen molar-refractivity contribution < 1.29 is 27.5 Å². The van der Waals surface area contributed by atoms with Gasteiger partial charge in [-0.05, 0) is 12.5 Å². The standard InChI is InChI=1S/C17H18ClN3O6S2/c1-26-12-6-5-10(15(19-12)27-2)16(22)20-7-4-8-21(20)17(23)14-13(18)11(9-28-14)29(3,24)25/h5-6,9H,4,7-8H2,1-3H3. The zero-order chi connectivity index (χ0) is 21.3. The number of nitrogens with zero attached hydrogens (tertiary/aromatic N) is 3. The molecule has 1 saturated heterocycles. The average Bonchev–Trinajstić information content (AvgIpc) is 3.32. The van der Waals surface area contributed by atoms with Gasteiger partial charge in [-0.1, -0.05) is 11.6 Å². The Morgan fingerprint density at radius 3 is 2.34 bits per heavy atom. The van der Waals surface area contributed by atoms with Gasteiger partial charge < -0.3 is 9.47 Å². The van der Waals surface area contributed by atoms with Crippen LogP contribution >= 0.6 is 22.9 Å². The van der Waals surface area contributed by atoms with Crippen LogP contribution in [0, 0.1) is 0 Å². The number of ether oxygens (including phenoxy) is 2. The van der Waals surface area contributed by atoms with Crippen molar-refractivity contribution in [1.29, 1.82) is 0 Å². The third kappa shape index (κ3) is 4.02. The number of thiophene rings is 1. The molecule has 29 heavy (non-hydrogen) atoms. The minimum absolute atomic E-state index is 0.0617. The second-order valence-corrected chi connectivity index (χ2v) is 9.38. The van der Waals surface area contributed by atoms with Crippen LogP contribution in [0.15, 0.2) is 22.4 Å². The van der Waals surface area contributed by atoms with E-state index in [1.54, 1.807) is 0 Å². The largest absolute Gasteiger partial charge is 0.481 e. The molecular formula is C17H18ClN3O6S2. The summed E-state index contributed by atoms with van der Waals surface area (Å²) in [5, 5.41) is 3.73. The van der Waals surface area contributed by atoms with E-state index in [9.17, 15) is 18.0 Å². The van der Waals surface area contributed by atoms with Gasteiger partial charge >= 0.3 is 0 Å². The number of carbonyl (C=O) groups excluding carboxylic acids is 2. The van der Waals surface area contributed by atoms with E-state index in [4.69, 9.17) is 21.1 Å². The van der Waals surface area contributed by atoms with E-state index in [-0.39, 0.29) is 32.1 Å². The Bertz CT molecular complexity index is 1070. The predicted octanol–water partition coefficient (Wildman–Crippen LogP) is 2.12. The highest BCUT2D eigenvalue weighted by molar-refractivity contribution is 7.91. The number of hydrazine groups is 1.